The lowest BCUT2D eigenvalue weighted by Crippen LogP contribution is -2.43. The minimum atomic E-state index is -0.180. The van der Waals surface area contributed by atoms with E-state index in [-0.39, 0.29) is 11.9 Å². The van der Waals surface area contributed by atoms with E-state index < -0.39 is 0 Å². The summed E-state index contributed by atoms with van der Waals surface area (Å²) >= 11 is 0. The van der Waals surface area contributed by atoms with E-state index in [0.717, 1.165) is 30.0 Å². The van der Waals surface area contributed by atoms with Crippen LogP contribution in [0.3, 0.4) is 0 Å². The molecule has 0 aliphatic carbocycles. The molecule has 5 heteroatoms. The van der Waals surface area contributed by atoms with Crippen LogP contribution in [0.2, 0.25) is 0 Å². The Bertz CT molecular complexity index is 503. The van der Waals surface area contributed by atoms with Crippen molar-refractivity contribution in [3.63, 3.8) is 0 Å². The van der Waals surface area contributed by atoms with E-state index in [4.69, 9.17) is 9.47 Å². The Hall–Kier alpha value is -2.01. The van der Waals surface area contributed by atoms with Gasteiger partial charge in [0.15, 0.2) is 11.5 Å². The SMILES string of the molecule is C=CCNC(=O)[C@H](C)N(C)CCc1ccc(OC)c(OC)c1. The van der Waals surface area contributed by atoms with Gasteiger partial charge >= 0.3 is 0 Å². The van der Waals surface area contributed by atoms with E-state index in [1.165, 1.54) is 0 Å². The standard InChI is InChI=1S/C17H26N2O3/c1-6-10-18-17(20)13(2)19(3)11-9-14-7-8-15(21-4)16(12-14)22-5/h6-8,12-13H,1,9-11H2,2-5H3,(H,18,20)/t13-/m0/s1. The van der Waals surface area contributed by atoms with Gasteiger partial charge in [0.25, 0.3) is 0 Å². The molecular weight excluding hydrogens is 280 g/mol. The fourth-order valence-corrected chi connectivity index (χ4v) is 2.06. The van der Waals surface area contributed by atoms with Crippen molar-refractivity contribution in [2.75, 3.05) is 34.4 Å². The van der Waals surface area contributed by atoms with E-state index in [1.54, 1.807) is 20.3 Å². The number of nitrogens with one attached hydrogen (secondary N) is 1. The number of amides is 1. The van der Waals surface area contributed by atoms with Crippen LogP contribution in [-0.2, 0) is 11.2 Å². The number of carbonyl (C=O) groups excluding carboxylic acids is 1. The average Bonchev–Trinajstić information content (AvgIpc) is 2.56. The summed E-state index contributed by atoms with van der Waals surface area (Å²) in [6.45, 7) is 6.76. The minimum absolute atomic E-state index is 0.00899. The molecule has 0 saturated carbocycles. The van der Waals surface area contributed by atoms with E-state index in [0.29, 0.717) is 6.54 Å². The number of ether oxygens (including phenoxy) is 2. The predicted octanol–water partition coefficient (Wildman–Crippen LogP) is 1.87. The molecule has 1 aromatic rings. The smallest absolute Gasteiger partial charge is 0.237 e. The summed E-state index contributed by atoms with van der Waals surface area (Å²) in [5, 5.41) is 2.81. The maximum Gasteiger partial charge on any atom is 0.237 e. The molecule has 0 spiro atoms. The number of benzene rings is 1. The van der Waals surface area contributed by atoms with Gasteiger partial charge in [-0.25, -0.2) is 0 Å². The first-order valence-corrected chi connectivity index (χ1v) is 7.33. The van der Waals surface area contributed by atoms with Gasteiger partial charge < -0.3 is 14.8 Å². The Labute approximate surface area is 132 Å². The fourth-order valence-electron chi connectivity index (χ4n) is 2.06. The molecule has 1 atom stereocenters. The van der Waals surface area contributed by atoms with E-state index in [9.17, 15) is 4.79 Å². The molecule has 1 aromatic carbocycles. The molecule has 0 aliphatic heterocycles. The normalized spacial score (nSPS) is 11.9. The zero-order valence-corrected chi connectivity index (χ0v) is 13.9. The Morgan fingerprint density at radius 1 is 1.36 bits per heavy atom. The van der Waals surface area contributed by atoms with Crippen LogP contribution in [-0.4, -0.2) is 51.2 Å². The van der Waals surface area contributed by atoms with Crippen LogP contribution in [0.25, 0.3) is 0 Å². The lowest BCUT2D eigenvalue weighted by atomic mass is 10.1. The highest BCUT2D eigenvalue weighted by atomic mass is 16.5. The molecule has 1 rings (SSSR count). The van der Waals surface area contributed by atoms with Gasteiger partial charge in [-0.1, -0.05) is 12.1 Å². The monoisotopic (exact) mass is 306 g/mol. The van der Waals surface area contributed by atoms with Crippen molar-refractivity contribution in [3.8, 4) is 11.5 Å². The van der Waals surface area contributed by atoms with Crippen LogP contribution in [0.4, 0.5) is 0 Å². The minimum Gasteiger partial charge on any atom is -0.493 e. The fraction of sp³-hybridized carbons (Fsp3) is 0.471. The molecular formula is C17H26N2O3. The van der Waals surface area contributed by atoms with Gasteiger partial charge in [0.2, 0.25) is 5.91 Å². The molecule has 0 aromatic heterocycles. The zero-order valence-electron chi connectivity index (χ0n) is 13.9. The summed E-state index contributed by atoms with van der Waals surface area (Å²) in [4.78, 5) is 13.9. The predicted molar refractivity (Wildman–Crippen MR) is 88.5 cm³/mol. The lowest BCUT2D eigenvalue weighted by Gasteiger charge is -2.23. The van der Waals surface area contributed by atoms with Gasteiger partial charge in [0.05, 0.1) is 20.3 Å². The molecule has 0 aliphatic rings. The molecule has 0 heterocycles. The lowest BCUT2D eigenvalue weighted by molar-refractivity contribution is -0.125. The van der Waals surface area contributed by atoms with Gasteiger partial charge in [-0.2, -0.15) is 0 Å². The third kappa shape index (κ3) is 5.07. The van der Waals surface area contributed by atoms with Crippen LogP contribution in [0.1, 0.15) is 12.5 Å². The van der Waals surface area contributed by atoms with Crippen molar-refractivity contribution in [3.05, 3.63) is 36.4 Å². The summed E-state index contributed by atoms with van der Waals surface area (Å²) < 4.78 is 10.5. The van der Waals surface area contributed by atoms with Gasteiger partial charge in [-0.3, -0.25) is 9.69 Å². The Morgan fingerprint density at radius 2 is 2.05 bits per heavy atom. The van der Waals surface area contributed by atoms with Gasteiger partial charge in [-0.05, 0) is 38.1 Å². The molecule has 1 N–H and O–H groups in total. The largest absolute Gasteiger partial charge is 0.493 e. The quantitative estimate of drug-likeness (QED) is 0.708. The van der Waals surface area contributed by atoms with Crippen molar-refractivity contribution in [1.82, 2.24) is 10.2 Å². The van der Waals surface area contributed by atoms with Gasteiger partial charge in [-0.15, -0.1) is 6.58 Å². The summed E-state index contributed by atoms with van der Waals surface area (Å²) in [7, 11) is 5.19. The second kappa shape index (κ2) is 9.10. The number of methoxy groups -OCH3 is 2. The summed E-state index contributed by atoms with van der Waals surface area (Å²) in [6.07, 6.45) is 2.50. The average molecular weight is 306 g/mol. The van der Waals surface area contributed by atoms with Gasteiger partial charge in [0.1, 0.15) is 0 Å². The molecule has 0 bridgehead atoms. The molecule has 0 saturated heterocycles. The van der Waals surface area contributed by atoms with Crippen LogP contribution in [0.5, 0.6) is 11.5 Å². The number of rotatable bonds is 9. The zero-order chi connectivity index (χ0) is 16.5. The number of nitrogens with zero attached hydrogens (tertiary/aromatic N) is 1. The first-order chi connectivity index (χ1) is 10.5. The second-order valence-corrected chi connectivity index (χ2v) is 5.13. The van der Waals surface area contributed by atoms with Crippen LogP contribution in [0.15, 0.2) is 30.9 Å². The summed E-state index contributed by atoms with van der Waals surface area (Å²) in [6, 6.07) is 5.70. The van der Waals surface area contributed by atoms with Crippen LogP contribution < -0.4 is 14.8 Å². The van der Waals surface area contributed by atoms with Crippen molar-refractivity contribution in [2.24, 2.45) is 0 Å². The molecule has 1 amide bonds. The van der Waals surface area contributed by atoms with Crippen molar-refractivity contribution < 1.29 is 14.3 Å². The molecule has 22 heavy (non-hydrogen) atoms. The van der Waals surface area contributed by atoms with Crippen molar-refractivity contribution in [2.45, 2.75) is 19.4 Å². The molecule has 0 fully saturated rings. The first kappa shape index (κ1) is 18.0. The highest BCUT2D eigenvalue weighted by Crippen LogP contribution is 2.27. The second-order valence-electron chi connectivity index (χ2n) is 5.13. The number of likely N-dealkylation sites (N-methyl/N-ethyl adjacent to an activating group) is 1. The molecule has 122 valence electrons. The van der Waals surface area contributed by atoms with E-state index >= 15 is 0 Å². The molecule has 0 radical (unpaired) electrons. The first-order valence-electron chi connectivity index (χ1n) is 7.33. The third-order valence-electron chi connectivity index (χ3n) is 3.66. The Kier molecular flexibility index (Phi) is 7.46. The van der Waals surface area contributed by atoms with Crippen LogP contribution in [0, 0.1) is 0 Å². The number of hydrogen-bond acceptors (Lipinski definition) is 4. The summed E-state index contributed by atoms with van der Waals surface area (Å²) in [5.74, 6) is 1.45. The summed E-state index contributed by atoms with van der Waals surface area (Å²) in [5.41, 5.74) is 1.14. The highest BCUT2D eigenvalue weighted by molar-refractivity contribution is 5.81. The van der Waals surface area contributed by atoms with Gasteiger partial charge in [0, 0.05) is 13.1 Å². The van der Waals surface area contributed by atoms with E-state index in [2.05, 4.69) is 11.9 Å². The van der Waals surface area contributed by atoms with Crippen molar-refractivity contribution >= 4 is 5.91 Å². The topological polar surface area (TPSA) is 50.8 Å². The third-order valence-corrected chi connectivity index (χ3v) is 3.66. The Morgan fingerprint density at radius 3 is 2.64 bits per heavy atom. The van der Waals surface area contributed by atoms with Crippen LogP contribution >= 0.6 is 0 Å². The Balaban J connectivity index is 2.58. The molecule has 0 unspecified atom stereocenters. The highest BCUT2D eigenvalue weighted by Gasteiger charge is 2.17. The van der Waals surface area contributed by atoms with E-state index in [1.807, 2.05) is 37.1 Å². The maximum absolute atomic E-state index is 11.9. The maximum atomic E-state index is 11.9. The number of hydrogen-bond donors (Lipinski definition) is 1. The number of carbonyl (C=O) groups is 1. The van der Waals surface area contributed by atoms with Crippen molar-refractivity contribution in [1.29, 1.82) is 0 Å². The molecule has 5 nitrogen and oxygen atoms in total.